The molecule has 0 aliphatic carbocycles. The molecule has 0 amide bonds. The normalized spacial score (nSPS) is 16.7. The van der Waals surface area contributed by atoms with Crippen LogP contribution in [0.1, 0.15) is 43.4 Å². The average Bonchev–Trinajstić information content (AvgIpc) is 2.29. The van der Waals surface area contributed by atoms with Crippen LogP contribution in [-0.2, 0) is 6.42 Å². The van der Waals surface area contributed by atoms with E-state index in [1.165, 1.54) is 11.1 Å². The Morgan fingerprint density at radius 3 is 3.13 bits per heavy atom. The minimum atomic E-state index is 0.183. The molecule has 0 saturated heterocycles. The molecule has 1 aliphatic rings. The van der Waals surface area contributed by atoms with Gasteiger partial charge in [-0.25, -0.2) is 0 Å². The second-order valence-electron chi connectivity index (χ2n) is 4.21. The smallest absolute Gasteiger partial charge is 0.122 e. The molecule has 0 fully saturated rings. The van der Waals surface area contributed by atoms with Crippen LogP contribution in [0.3, 0.4) is 0 Å². The van der Waals surface area contributed by atoms with E-state index < -0.39 is 0 Å². The zero-order valence-electron chi connectivity index (χ0n) is 9.33. The molecule has 0 aromatic heterocycles. The molecule has 2 nitrogen and oxygen atoms in total. The molecule has 1 unspecified atom stereocenters. The van der Waals surface area contributed by atoms with Crippen LogP contribution < -0.4 is 10.5 Å². The summed E-state index contributed by atoms with van der Waals surface area (Å²) >= 11 is 0. The Kier molecular flexibility index (Phi) is 3.27. The number of ether oxygens (including phenoxy) is 1. The van der Waals surface area contributed by atoms with E-state index in [0.29, 0.717) is 0 Å². The quantitative estimate of drug-likeness (QED) is 0.823. The summed E-state index contributed by atoms with van der Waals surface area (Å²) < 4.78 is 5.58. The van der Waals surface area contributed by atoms with Crippen molar-refractivity contribution in [3.8, 4) is 5.75 Å². The summed E-state index contributed by atoms with van der Waals surface area (Å²) in [6.07, 6.45) is 4.44. The number of fused-ring (bicyclic) bond motifs is 1. The maximum atomic E-state index is 6.10. The van der Waals surface area contributed by atoms with Crippen LogP contribution in [0.15, 0.2) is 18.2 Å². The third-order valence-corrected chi connectivity index (χ3v) is 2.96. The Morgan fingerprint density at radius 2 is 2.33 bits per heavy atom. The van der Waals surface area contributed by atoms with Gasteiger partial charge in [-0.3, -0.25) is 0 Å². The molecule has 15 heavy (non-hydrogen) atoms. The largest absolute Gasteiger partial charge is 0.493 e. The fourth-order valence-electron chi connectivity index (χ4n) is 2.09. The highest BCUT2D eigenvalue weighted by Gasteiger charge is 2.12. The molecule has 82 valence electrons. The summed E-state index contributed by atoms with van der Waals surface area (Å²) in [5.74, 6) is 1.05. The first-order chi connectivity index (χ1) is 7.31. The number of rotatable bonds is 3. The van der Waals surface area contributed by atoms with Crippen LogP contribution in [0.5, 0.6) is 5.75 Å². The Balaban J connectivity index is 2.20. The van der Waals surface area contributed by atoms with Gasteiger partial charge in [-0.05, 0) is 36.5 Å². The van der Waals surface area contributed by atoms with Gasteiger partial charge in [0.05, 0.1) is 6.61 Å². The summed E-state index contributed by atoms with van der Waals surface area (Å²) in [7, 11) is 0. The van der Waals surface area contributed by atoms with E-state index in [9.17, 15) is 0 Å². The first kappa shape index (κ1) is 10.5. The van der Waals surface area contributed by atoms with Crippen molar-refractivity contribution >= 4 is 0 Å². The van der Waals surface area contributed by atoms with Crippen molar-refractivity contribution < 1.29 is 4.74 Å². The van der Waals surface area contributed by atoms with Crippen molar-refractivity contribution in [2.24, 2.45) is 5.73 Å². The standard InChI is InChI=1S/C13H19NO/c1-2-4-12(14)10-6-7-13-11(9-10)5-3-8-15-13/h6-7,9,12H,2-5,8,14H2,1H3. The van der Waals surface area contributed by atoms with Crippen molar-refractivity contribution in [3.05, 3.63) is 29.3 Å². The molecule has 2 heteroatoms. The molecule has 1 aromatic carbocycles. The molecular weight excluding hydrogens is 186 g/mol. The number of hydrogen-bond acceptors (Lipinski definition) is 2. The summed E-state index contributed by atoms with van der Waals surface area (Å²) in [4.78, 5) is 0. The van der Waals surface area contributed by atoms with E-state index in [2.05, 4.69) is 25.1 Å². The monoisotopic (exact) mass is 205 g/mol. The van der Waals surface area contributed by atoms with Gasteiger partial charge in [-0.15, -0.1) is 0 Å². The van der Waals surface area contributed by atoms with Gasteiger partial charge in [0.2, 0.25) is 0 Å². The lowest BCUT2D eigenvalue weighted by Crippen LogP contribution is -2.13. The third kappa shape index (κ3) is 2.32. The molecule has 1 aliphatic heterocycles. The van der Waals surface area contributed by atoms with Crippen molar-refractivity contribution in [3.63, 3.8) is 0 Å². The van der Waals surface area contributed by atoms with Gasteiger partial charge in [-0.1, -0.05) is 25.5 Å². The highest BCUT2D eigenvalue weighted by molar-refractivity contribution is 5.39. The van der Waals surface area contributed by atoms with Crippen LogP contribution >= 0.6 is 0 Å². The van der Waals surface area contributed by atoms with E-state index in [-0.39, 0.29) is 6.04 Å². The lowest BCUT2D eigenvalue weighted by Gasteiger charge is -2.19. The van der Waals surface area contributed by atoms with E-state index in [4.69, 9.17) is 10.5 Å². The highest BCUT2D eigenvalue weighted by Crippen LogP contribution is 2.28. The van der Waals surface area contributed by atoms with Crippen LogP contribution in [0, 0.1) is 0 Å². The topological polar surface area (TPSA) is 35.2 Å². The SMILES string of the molecule is CCCC(N)c1ccc2c(c1)CCCO2. The molecule has 1 atom stereocenters. The van der Waals surface area contributed by atoms with Crippen molar-refractivity contribution in [2.75, 3.05) is 6.61 Å². The van der Waals surface area contributed by atoms with Gasteiger partial charge in [0, 0.05) is 6.04 Å². The molecule has 0 spiro atoms. The van der Waals surface area contributed by atoms with Crippen LogP contribution in [0.2, 0.25) is 0 Å². The van der Waals surface area contributed by atoms with Crippen LogP contribution in [0.25, 0.3) is 0 Å². The Hall–Kier alpha value is -1.02. The van der Waals surface area contributed by atoms with Crippen molar-refractivity contribution in [1.82, 2.24) is 0 Å². The Bertz CT molecular complexity index is 335. The van der Waals surface area contributed by atoms with Gasteiger partial charge in [0.15, 0.2) is 0 Å². The lowest BCUT2D eigenvalue weighted by atomic mass is 9.97. The van der Waals surface area contributed by atoms with Crippen LogP contribution in [0.4, 0.5) is 0 Å². The van der Waals surface area contributed by atoms with E-state index in [0.717, 1.165) is 38.0 Å². The fourth-order valence-corrected chi connectivity index (χ4v) is 2.09. The highest BCUT2D eigenvalue weighted by atomic mass is 16.5. The van der Waals surface area contributed by atoms with Gasteiger partial charge >= 0.3 is 0 Å². The summed E-state index contributed by atoms with van der Waals surface area (Å²) in [6, 6.07) is 6.57. The van der Waals surface area contributed by atoms with Crippen molar-refractivity contribution in [1.29, 1.82) is 0 Å². The van der Waals surface area contributed by atoms with Gasteiger partial charge < -0.3 is 10.5 Å². The fraction of sp³-hybridized carbons (Fsp3) is 0.538. The van der Waals surface area contributed by atoms with Gasteiger partial charge in [0.1, 0.15) is 5.75 Å². The zero-order valence-corrected chi connectivity index (χ0v) is 9.33. The Morgan fingerprint density at radius 1 is 1.47 bits per heavy atom. The average molecular weight is 205 g/mol. The summed E-state index contributed by atoms with van der Waals surface area (Å²) in [6.45, 7) is 3.02. The minimum Gasteiger partial charge on any atom is -0.493 e. The molecule has 0 radical (unpaired) electrons. The maximum absolute atomic E-state index is 6.10. The predicted octanol–water partition coefficient (Wildman–Crippen LogP) is 2.81. The van der Waals surface area contributed by atoms with E-state index in [1.54, 1.807) is 0 Å². The molecule has 0 saturated carbocycles. The molecule has 1 aromatic rings. The molecular formula is C13H19NO. The second kappa shape index (κ2) is 4.67. The predicted molar refractivity (Wildman–Crippen MR) is 62.1 cm³/mol. The summed E-state index contributed by atoms with van der Waals surface area (Å²) in [5, 5.41) is 0. The maximum Gasteiger partial charge on any atom is 0.122 e. The molecule has 2 rings (SSSR count). The number of nitrogens with two attached hydrogens (primary N) is 1. The van der Waals surface area contributed by atoms with Crippen molar-refractivity contribution in [2.45, 2.75) is 38.6 Å². The minimum absolute atomic E-state index is 0.183. The van der Waals surface area contributed by atoms with E-state index >= 15 is 0 Å². The molecule has 1 heterocycles. The molecule has 2 N–H and O–H groups in total. The first-order valence-corrected chi connectivity index (χ1v) is 5.82. The number of hydrogen-bond donors (Lipinski definition) is 1. The Labute approximate surface area is 91.4 Å². The summed E-state index contributed by atoms with van der Waals surface area (Å²) in [5.41, 5.74) is 8.67. The molecule has 0 bridgehead atoms. The lowest BCUT2D eigenvalue weighted by molar-refractivity contribution is 0.288. The van der Waals surface area contributed by atoms with E-state index in [1.807, 2.05) is 0 Å². The van der Waals surface area contributed by atoms with Gasteiger partial charge in [-0.2, -0.15) is 0 Å². The van der Waals surface area contributed by atoms with Crippen LogP contribution in [-0.4, -0.2) is 6.61 Å². The zero-order chi connectivity index (χ0) is 10.7. The number of benzene rings is 1. The van der Waals surface area contributed by atoms with Gasteiger partial charge in [0.25, 0.3) is 0 Å². The first-order valence-electron chi connectivity index (χ1n) is 5.82. The number of aryl methyl sites for hydroxylation is 1. The second-order valence-corrected chi connectivity index (χ2v) is 4.21. The third-order valence-electron chi connectivity index (χ3n) is 2.96.